The second-order valence-corrected chi connectivity index (χ2v) is 6.60. The van der Waals surface area contributed by atoms with Crippen LogP contribution in [0.5, 0.6) is 0 Å². The van der Waals surface area contributed by atoms with Crippen molar-refractivity contribution in [3.05, 3.63) is 11.8 Å². The fourth-order valence-electron chi connectivity index (χ4n) is 1.88. The van der Waals surface area contributed by atoms with E-state index in [0.717, 1.165) is 5.69 Å². The monoisotopic (exact) mass is 272 g/mol. The van der Waals surface area contributed by atoms with Crippen molar-refractivity contribution in [3.63, 3.8) is 0 Å². The number of hydrogen-bond acceptors (Lipinski definition) is 4. The van der Waals surface area contributed by atoms with Crippen molar-refractivity contribution in [1.29, 1.82) is 0 Å². The SMILES string of the molecule is CC(C)c1cc(N2CC(S(N)(=O)=O)CC2=O)n[nH]1. The molecule has 1 unspecified atom stereocenters. The van der Waals surface area contributed by atoms with Gasteiger partial charge >= 0.3 is 0 Å². The standard InChI is InChI=1S/C10H16N4O3S/c1-6(2)8-4-9(13-12-8)14-5-7(3-10(14)15)18(11,16)17/h4,6-7H,3,5H2,1-2H3,(H,12,13)(H2,11,16,17). The van der Waals surface area contributed by atoms with Crippen LogP contribution in [0.1, 0.15) is 31.9 Å². The molecule has 0 aromatic carbocycles. The highest BCUT2D eigenvalue weighted by molar-refractivity contribution is 7.89. The zero-order valence-corrected chi connectivity index (χ0v) is 11.1. The van der Waals surface area contributed by atoms with E-state index in [1.807, 2.05) is 13.8 Å². The molecule has 1 aliphatic rings. The van der Waals surface area contributed by atoms with Crippen molar-refractivity contribution in [3.8, 4) is 0 Å². The average molecular weight is 272 g/mol. The molecular formula is C10H16N4O3S. The van der Waals surface area contributed by atoms with Gasteiger partial charge in [0.25, 0.3) is 0 Å². The van der Waals surface area contributed by atoms with E-state index >= 15 is 0 Å². The van der Waals surface area contributed by atoms with Gasteiger partial charge in [-0.3, -0.25) is 14.8 Å². The largest absolute Gasteiger partial charge is 0.294 e. The molecule has 0 aliphatic carbocycles. The minimum atomic E-state index is -3.69. The van der Waals surface area contributed by atoms with Gasteiger partial charge in [-0.2, -0.15) is 5.10 Å². The zero-order valence-electron chi connectivity index (χ0n) is 10.3. The molecule has 0 saturated carbocycles. The Hall–Kier alpha value is -1.41. The number of carbonyl (C=O) groups excluding carboxylic acids is 1. The number of anilines is 1. The predicted molar refractivity (Wildman–Crippen MR) is 66.5 cm³/mol. The summed E-state index contributed by atoms with van der Waals surface area (Å²) in [6, 6.07) is 1.76. The first-order chi connectivity index (χ1) is 8.29. The molecular weight excluding hydrogens is 256 g/mol. The number of amides is 1. The maximum absolute atomic E-state index is 11.8. The quantitative estimate of drug-likeness (QED) is 0.802. The van der Waals surface area contributed by atoms with E-state index in [4.69, 9.17) is 5.14 Å². The number of carbonyl (C=O) groups is 1. The number of aromatic amines is 1. The van der Waals surface area contributed by atoms with Gasteiger partial charge in [-0.25, -0.2) is 13.6 Å². The van der Waals surface area contributed by atoms with E-state index in [2.05, 4.69) is 10.2 Å². The molecule has 1 aliphatic heterocycles. The maximum atomic E-state index is 11.8. The Balaban J connectivity index is 2.22. The fraction of sp³-hybridized carbons (Fsp3) is 0.600. The van der Waals surface area contributed by atoms with Crippen molar-refractivity contribution in [2.75, 3.05) is 11.4 Å². The van der Waals surface area contributed by atoms with Gasteiger partial charge in [0, 0.05) is 24.7 Å². The molecule has 1 saturated heterocycles. The van der Waals surface area contributed by atoms with Crippen molar-refractivity contribution in [2.24, 2.45) is 5.14 Å². The van der Waals surface area contributed by atoms with Crippen LogP contribution in [-0.2, 0) is 14.8 Å². The van der Waals surface area contributed by atoms with Crippen LogP contribution in [-0.4, -0.2) is 36.3 Å². The topological polar surface area (TPSA) is 109 Å². The number of aromatic nitrogens is 2. The molecule has 18 heavy (non-hydrogen) atoms. The number of sulfonamides is 1. The van der Waals surface area contributed by atoms with Crippen molar-refractivity contribution in [2.45, 2.75) is 31.4 Å². The summed E-state index contributed by atoms with van der Waals surface area (Å²) >= 11 is 0. The Morgan fingerprint density at radius 1 is 1.56 bits per heavy atom. The van der Waals surface area contributed by atoms with Gasteiger partial charge in [0.1, 0.15) is 5.25 Å². The summed E-state index contributed by atoms with van der Waals surface area (Å²) in [7, 11) is -3.69. The highest BCUT2D eigenvalue weighted by Gasteiger charge is 2.38. The first-order valence-corrected chi connectivity index (χ1v) is 7.27. The summed E-state index contributed by atoms with van der Waals surface area (Å²) < 4.78 is 22.5. The van der Waals surface area contributed by atoms with E-state index in [-0.39, 0.29) is 24.8 Å². The van der Waals surface area contributed by atoms with E-state index in [9.17, 15) is 13.2 Å². The summed E-state index contributed by atoms with van der Waals surface area (Å²) in [5.74, 6) is 0.448. The van der Waals surface area contributed by atoms with Gasteiger partial charge in [-0.1, -0.05) is 13.8 Å². The second-order valence-electron chi connectivity index (χ2n) is 4.76. The summed E-state index contributed by atoms with van der Waals surface area (Å²) in [5.41, 5.74) is 0.900. The van der Waals surface area contributed by atoms with Crippen LogP contribution < -0.4 is 10.0 Å². The highest BCUT2D eigenvalue weighted by atomic mass is 32.2. The van der Waals surface area contributed by atoms with Crippen molar-refractivity contribution in [1.82, 2.24) is 10.2 Å². The summed E-state index contributed by atoms with van der Waals surface area (Å²) in [5, 5.41) is 11.1. The third-order valence-corrected chi connectivity index (χ3v) is 4.28. The smallest absolute Gasteiger partial charge is 0.229 e. The molecule has 0 bridgehead atoms. The first-order valence-electron chi connectivity index (χ1n) is 5.66. The predicted octanol–water partition coefficient (Wildman–Crippen LogP) is -0.0731. The van der Waals surface area contributed by atoms with Gasteiger partial charge in [0.15, 0.2) is 5.82 Å². The molecule has 1 amide bonds. The lowest BCUT2D eigenvalue weighted by atomic mass is 10.1. The van der Waals surface area contributed by atoms with E-state index in [0.29, 0.717) is 5.82 Å². The molecule has 3 N–H and O–H groups in total. The molecule has 0 spiro atoms. The van der Waals surface area contributed by atoms with Crippen LogP contribution in [0, 0.1) is 0 Å². The Labute approximate surface area is 105 Å². The number of nitrogens with zero attached hydrogens (tertiary/aromatic N) is 2. The van der Waals surface area contributed by atoms with Crippen LogP contribution in [0.25, 0.3) is 0 Å². The van der Waals surface area contributed by atoms with Crippen LogP contribution in [0.15, 0.2) is 6.07 Å². The van der Waals surface area contributed by atoms with Crippen molar-refractivity contribution >= 4 is 21.7 Å². The zero-order chi connectivity index (χ0) is 13.5. The molecule has 2 rings (SSSR count). The lowest BCUT2D eigenvalue weighted by Gasteiger charge is -2.12. The molecule has 1 aromatic rings. The van der Waals surface area contributed by atoms with Crippen LogP contribution in [0.4, 0.5) is 5.82 Å². The third kappa shape index (κ3) is 2.39. The summed E-state index contributed by atoms with van der Waals surface area (Å²) in [4.78, 5) is 13.1. The Morgan fingerprint density at radius 3 is 2.67 bits per heavy atom. The first kappa shape index (κ1) is 13.0. The second kappa shape index (κ2) is 4.36. The molecule has 1 fully saturated rings. The van der Waals surface area contributed by atoms with Gasteiger partial charge in [0.2, 0.25) is 15.9 Å². The number of rotatable bonds is 3. The lowest BCUT2D eigenvalue weighted by molar-refractivity contribution is -0.117. The molecule has 100 valence electrons. The molecule has 1 aromatic heterocycles. The van der Waals surface area contributed by atoms with E-state index in [1.54, 1.807) is 6.07 Å². The average Bonchev–Trinajstić information content (AvgIpc) is 2.81. The minimum absolute atomic E-state index is 0.0695. The number of H-pyrrole nitrogens is 1. The number of nitrogens with two attached hydrogens (primary N) is 1. The molecule has 2 heterocycles. The lowest BCUT2D eigenvalue weighted by Crippen LogP contribution is -2.32. The Kier molecular flexibility index (Phi) is 3.16. The minimum Gasteiger partial charge on any atom is -0.294 e. The van der Waals surface area contributed by atoms with Gasteiger partial charge in [-0.05, 0) is 5.92 Å². The Morgan fingerprint density at radius 2 is 2.22 bits per heavy atom. The van der Waals surface area contributed by atoms with E-state index in [1.165, 1.54) is 4.90 Å². The number of nitrogens with one attached hydrogen (secondary N) is 1. The van der Waals surface area contributed by atoms with Crippen LogP contribution in [0.3, 0.4) is 0 Å². The molecule has 7 nitrogen and oxygen atoms in total. The summed E-state index contributed by atoms with van der Waals surface area (Å²) in [6.07, 6.45) is -0.0806. The summed E-state index contributed by atoms with van der Waals surface area (Å²) in [6.45, 7) is 4.06. The van der Waals surface area contributed by atoms with Crippen LogP contribution in [0.2, 0.25) is 0 Å². The maximum Gasteiger partial charge on any atom is 0.229 e. The molecule has 1 atom stereocenters. The highest BCUT2D eigenvalue weighted by Crippen LogP contribution is 2.24. The third-order valence-electron chi connectivity index (χ3n) is 3.04. The van der Waals surface area contributed by atoms with Crippen LogP contribution >= 0.6 is 0 Å². The number of primary sulfonamides is 1. The van der Waals surface area contributed by atoms with Gasteiger partial charge in [0.05, 0.1) is 0 Å². The molecule has 8 heteroatoms. The van der Waals surface area contributed by atoms with Gasteiger partial charge in [-0.15, -0.1) is 0 Å². The normalized spacial score (nSPS) is 21.0. The fourth-order valence-corrected chi connectivity index (χ4v) is 2.61. The van der Waals surface area contributed by atoms with Gasteiger partial charge < -0.3 is 0 Å². The Bertz CT molecular complexity index is 563. The van der Waals surface area contributed by atoms with Crippen molar-refractivity contribution < 1.29 is 13.2 Å². The van der Waals surface area contributed by atoms with E-state index < -0.39 is 15.3 Å². The number of hydrogen-bond donors (Lipinski definition) is 2. The molecule has 0 radical (unpaired) electrons.